The number of ketones is 1. The van der Waals surface area contributed by atoms with Crippen LogP contribution in [0.25, 0.3) is 11.1 Å². The zero-order valence-corrected chi connectivity index (χ0v) is 11.2. The van der Waals surface area contributed by atoms with Crippen LogP contribution in [0.2, 0.25) is 0 Å². The number of hydrogen-bond donors (Lipinski definition) is 0. The molecule has 2 aromatic rings. The summed E-state index contributed by atoms with van der Waals surface area (Å²) in [4.78, 5) is 11.6. The van der Waals surface area contributed by atoms with Gasteiger partial charge in [-0.1, -0.05) is 43.7 Å². The molecule has 0 aromatic heterocycles. The summed E-state index contributed by atoms with van der Waals surface area (Å²) in [5.41, 5.74) is 3.45. The molecule has 0 fully saturated rings. The van der Waals surface area contributed by atoms with Crippen molar-refractivity contribution in [1.82, 2.24) is 0 Å². The Morgan fingerprint density at radius 2 is 1.79 bits per heavy atom. The molecule has 0 heterocycles. The van der Waals surface area contributed by atoms with E-state index < -0.39 is 0 Å². The van der Waals surface area contributed by atoms with Gasteiger partial charge in [-0.25, -0.2) is 4.39 Å². The fraction of sp³-hybridized carbons (Fsp3) is 0.235. The maximum atomic E-state index is 13.2. The van der Waals surface area contributed by atoms with E-state index in [4.69, 9.17) is 0 Å². The summed E-state index contributed by atoms with van der Waals surface area (Å²) < 4.78 is 13.2. The van der Waals surface area contributed by atoms with Gasteiger partial charge in [-0.05, 0) is 42.2 Å². The van der Waals surface area contributed by atoms with E-state index in [2.05, 4.69) is 19.1 Å². The molecule has 0 atom stereocenters. The van der Waals surface area contributed by atoms with E-state index in [9.17, 15) is 9.18 Å². The van der Waals surface area contributed by atoms with Crippen molar-refractivity contribution in [1.29, 1.82) is 0 Å². The Kier molecular flexibility index (Phi) is 4.10. The van der Waals surface area contributed by atoms with Crippen molar-refractivity contribution in [2.45, 2.75) is 26.7 Å². The Labute approximate surface area is 113 Å². The Morgan fingerprint density at radius 3 is 2.37 bits per heavy atom. The second kappa shape index (κ2) is 5.79. The Bertz CT molecular complexity index is 585. The van der Waals surface area contributed by atoms with Crippen molar-refractivity contribution in [3.63, 3.8) is 0 Å². The SMILES string of the molecule is CCCc1ccc(-c2ccc(F)cc2C(C)=O)cc1. The molecule has 2 rings (SSSR count). The predicted molar refractivity (Wildman–Crippen MR) is 75.8 cm³/mol. The molecule has 0 amide bonds. The van der Waals surface area contributed by atoms with Gasteiger partial charge in [0.05, 0.1) is 0 Å². The van der Waals surface area contributed by atoms with E-state index >= 15 is 0 Å². The van der Waals surface area contributed by atoms with E-state index in [1.54, 1.807) is 6.07 Å². The van der Waals surface area contributed by atoms with Crippen LogP contribution in [0, 0.1) is 5.82 Å². The molecular weight excluding hydrogens is 239 g/mol. The van der Waals surface area contributed by atoms with E-state index in [1.807, 2.05) is 12.1 Å². The first-order valence-electron chi connectivity index (χ1n) is 6.51. The zero-order chi connectivity index (χ0) is 13.8. The summed E-state index contributed by atoms with van der Waals surface area (Å²) in [5.74, 6) is -0.497. The third kappa shape index (κ3) is 3.08. The average Bonchev–Trinajstić information content (AvgIpc) is 2.40. The largest absolute Gasteiger partial charge is 0.294 e. The maximum Gasteiger partial charge on any atom is 0.160 e. The van der Waals surface area contributed by atoms with Gasteiger partial charge in [0.15, 0.2) is 5.78 Å². The molecule has 0 saturated heterocycles. The lowest BCUT2D eigenvalue weighted by molar-refractivity contribution is 0.101. The minimum atomic E-state index is -0.378. The molecule has 98 valence electrons. The third-order valence-corrected chi connectivity index (χ3v) is 3.16. The van der Waals surface area contributed by atoms with Crippen molar-refractivity contribution >= 4 is 5.78 Å². The van der Waals surface area contributed by atoms with Crippen LogP contribution in [-0.4, -0.2) is 5.78 Å². The molecule has 19 heavy (non-hydrogen) atoms. The highest BCUT2D eigenvalue weighted by atomic mass is 19.1. The summed E-state index contributed by atoms with van der Waals surface area (Å²) in [6.45, 7) is 3.60. The molecule has 0 aliphatic rings. The van der Waals surface area contributed by atoms with Crippen LogP contribution < -0.4 is 0 Å². The number of rotatable bonds is 4. The van der Waals surface area contributed by atoms with Crippen molar-refractivity contribution < 1.29 is 9.18 Å². The molecule has 1 nitrogen and oxygen atoms in total. The van der Waals surface area contributed by atoms with Gasteiger partial charge in [-0.3, -0.25) is 4.79 Å². The fourth-order valence-corrected chi connectivity index (χ4v) is 2.20. The number of carbonyl (C=O) groups is 1. The lowest BCUT2D eigenvalue weighted by Crippen LogP contribution is -1.97. The number of carbonyl (C=O) groups excluding carboxylic acids is 1. The highest BCUT2D eigenvalue weighted by Crippen LogP contribution is 2.25. The van der Waals surface area contributed by atoms with Crippen LogP contribution in [-0.2, 0) is 6.42 Å². The number of hydrogen-bond acceptors (Lipinski definition) is 1. The second-order valence-corrected chi connectivity index (χ2v) is 4.69. The molecular formula is C17H17FO. The van der Waals surface area contributed by atoms with Gasteiger partial charge in [-0.2, -0.15) is 0 Å². The normalized spacial score (nSPS) is 10.5. The quantitative estimate of drug-likeness (QED) is 0.728. The summed E-state index contributed by atoms with van der Waals surface area (Å²) in [6.07, 6.45) is 2.15. The molecule has 2 heteroatoms. The third-order valence-electron chi connectivity index (χ3n) is 3.16. The van der Waals surface area contributed by atoms with Crippen molar-refractivity contribution in [2.75, 3.05) is 0 Å². The molecule has 0 saturated carbocycles. The Hall–Kier alpha value is -1.96. The van der Waals surface area contributed by atoms with Crippen LogP contribution in [0.3, 0.4) is 0 Å². The first kappa shape index (κ1) is 13.5. The lowest BCUT2D eigenvalue weighted by atomic mass is 9.96. The molecule has 0 unspecified atom stereocenters. The molecule has 0 N–H and O–H groups in total. The van der Waals surface area contributed by atoms with Gasteiger partial charge in [0.25, 0.3) is 0 Å². The fourth-order valence-electron chi connectivity index (χ4n) is 2.20. The van der Waals surface area contributed by atoms with E-state index in [1.165, 1.54) is 24.6 Å². The van der Waals surface area contributed by atoms with E-state index in [-0.39, 0.29) is 11.6 Å². The van der Waals surface area contributed by atoms with Crippen molar-refractivity contribution in [3.8, 4) is 11.1 Å². The van der Waals surface area contributed by atoms with Crippen LogP contribution in [0.1, 0.15) is 36.2 Å². The molecule has 0 aliphatic heterocycles. The maximum absolute atomic E-state index is 13.2. The summed E-state index contributed by atoms with van der Waals surface area (Å²) in [5, 5.41) is 0. The van der Waals surface area contributed by atoms with Gasteiger partial charge < -0.3 is 0 Å². The van der Waals surface area contributed by atoms with Gasteiger partial charge in [0.1, 0.15) is 5.82 Å². The van der Waals surface area contributed by atoms with E-state index in [0.717, 1.165) is 24.0 Å². The molecule has 0 spiro atoms. The van der Waals surface area contributed by atoms with Crippen LogP contribution in [0.5, 0.6) is 0 Å². The number of halogens is 1. The predicted octanol–water partition coefficient (Wildman–Crippen LogP) is 4.65. The smallest absolute Gasteiger partial charge is 0.160 e. The zero-order valence-electron chi connectivity index (χ0n) is 11.2. The number of aryl methyl sites for hydroxylation is 1. The monoisotopic (exact) mass is 256 g/mol. The molecule has 2 aromatic carbocycles. The summed E-state index contributed by atoms with van der Waals surface area (Å²) >= 11 is 0. The number of Topliss-reactive ketones (excluding diaryl/α,β-unsaturated/α-hetero) is 1. The second-order valence-electron chi connectivity index (χ2n) is 4.69. The molecule has 0 bridgehead atoms. The lowest BCUT2D eigenvalue weighted by Gasteiger charge is -2.08. The van der Waals surface area contributed by atoms with Crippen LogP contribution in [0.4, 0.5) is 4.39 Å². The summed E-state index contributed by atoms with van der Waals surface area (Å²) in [7, 11) is 0. The summed E-state index contributed by atoms with van der Waals surface area (Å²) in [6, 6.07) is 12.5. The highest BCUT2D eigenvalue weighted by molar-refractivity contribution is 6.00. The van der Waals surface area contributed by atoms with Gasteiger partial charge in [0.2, 0.25) is 0 Å². The minimum Gasteiger partial charge on any atom is -0.294 e. The van der Waals surface area contributed by atoms with Gasteiger partial charge in [0, 0.05) is 5.56 Å². The Balaban J connectivity index is 2.43. The Morgan fingerprint density at radius 1 is 1.11 bits per heavy atom. The standard InChI is InChI=1S/C17H17FO/c1-3-4-13-5-7-14(8-6-13)16-10-9-15(18)11-17(16)12(2)19/h5-11H,3-4H2,1-2H3. The molecule has 0 radical (unpaired) electrons. The van der Waals surface area contributed by atoms with Crippen LogP contribution in [0.15, 0.2) is 42.5 Å². The topological polar surface area (TPSA) is 17.1 Å². The molecule has 0 aliphatic carbocycles. The average molecular weight is 256 g/mol. The minimum absolute atomic E-state index is 0.118. The van der Waals surface area contributed by atoms with Crippen molar-refractivity contribution in [3.05, 3.63) is 59.4 Å². The first-order chi connectivity index (χ1) is 9.11. The number of benzene rings is 2. The van der Waals surface area contributed by atoms with Crippen molar-refractivity contribution in [2.24, 2.45) is 0 Å². The first-order valence-corrected chi connectivity index (χ1v) is 6.51. The van der Waals surface area contributed by atoms with Gasteiger partial charge in [-0.15, -0.1) is 0 Å². The highest BCUT2D eigenvalue weighted by Gasteiger charge is 2.10. The van der Waals surface area contributed by atoms with Gasteiger partial charge >= 0.3 is 0 Å². The van der Waals surface area contributed by atoms with Crippen LogP contribution >= 0.6 is 0 Å². The van der Waals surface area contributed by atoms with E-state index in [0.29, 0.717) is 5.56 Å².